The highest BCUT2D eigenvalue weighted by Gasteiger charge is 2.24. The molecule has 3 rings (SSSR count). The summed E-state index contributed by atoms with van der Waals surface area (Å²) in [5.41, 5.74) is 10.7. The van der Waals surface area contributed by atoms with Crippen LogP contribution in [0.2, 0.25) is 0 Å². The van der Waals surface area contributed by atoms with Crippen molar-refractivity contribution < 1.29 is 23.9 Å². The van der Waals surface area contributed by atoms with Gasteiger partial charge in [-0.1, -0.05) is 88.7 Å². The molecule has 2 amide bonds. The van der Waals surface area contributed by atoms with Gasteiger partial charge in [0.1, 0.15) is 18.0 Å². The summed E-state index contributed by atoms with van der Waals surface area (Å²) in [7, 11) is 0. The lowest BCUT2D eigenvalue weighted by atomic mass is 9.91. The van der Waals surface area contributed by atoms with Gasteiger partial charge in [-0.3, -0.25) is 0 Å². The van der Waals surface area contributed by atoms with Crippen LogP contribution in [-0.4, -0.2) is 41.6 Å². The Morgan fingerprint density at radius 3 is 2.10 bits per heavy atom. The van der Waals surface area contributed by atoms with Crippen LogP contribution >= 0.6 is 0 Å². The average molecular weight is 583 g/mol. The van der Waals surface area contributed by atoms with Crippen LogP contribution in [0.15, 0.2) is 54.6 Å². The molecule has 7 heteroatoms. The van der Waals surface area contributed by atoms with Crippen molar-refractivity contribution in [3.05, 3.63) is 76.9 Å². The Bertz CT molecular complexity index is 1120. The van der Waals surface area contributed by atoms with E-state index in [2.05, 4.69) is 49.8 Å². The number of aryl methyl sites for hydroxylation is 1. The van der Waals surface area contributed by atoms with Crippen molar-refractivity contribution in [2.24, 2.45) is 11.7 Å². The smallest absolute Gasteiger partial charge is 0.410 e. The van der Waals surface area contributed by atoms with Crippen molar-refractivity contribution >= 4 is 23.5 Å². The van der Waals surface area contributed by atoms with Gasteiger partial charge >= 0.3 is 12.2 Å². The first-order valence-corrected chi connectivity index (χ1v) is 14.9. The molecule has 42 heavy (non-hydrogen) atoms. The maximum Gasteiger partial charge on any atom is 0.410 e. The maximum atomic E-state index is 12.2. The molecule has 1 aliphatic rings. The monoisotopic (exact) mass is 582 g/mol. The standard InChI is InChI=1S/C22H33NO2.C8H9NO2.C3H6O.C2H6/c1-7-16(2)14-20-15-19(9-8-17(20)3)18-10-12-23(13-11-18)21(24)25-22(4,5)6;9-8(10)11-6-7-4-2-1-3-5-7;1-3(2)4;1-2/h8-10,15-16H,7,11-14H2,1-6H3;1-5H,6H2,(H2,9,10);1-2H3;1-2H3. The van der Waals surface area contributed by atoms with Crippen LogP contribution in [0.1, 0.15) is 97.4 Å². The molecular formula is C35H54N2O5. The van der Waals surface area contributed by atoms with Gasteiger partial charge in [0, 0.05) is 13.1 Å². The molecule has 1 heterocycles. The fourth-order valence-electron chi connectivity index (χ4n) is 3.76. The average Bonchev–Trinajstić information content (AvgIpc) is 2.94. The molecule has 2 aromatic rings. The molecule has 0 saturated heterocycles. The van der Waals surface area contributed by atoms with E-state index in [1.165, 1.54) is 42.5 Å². The lowest BCUT2D eigenvalue weighted by Crippen LogP contribution is -2.39. The number of ketones is 1. The highest BCUT2D eigenvalue weighted by Crippen LogP contribution is 2.26. The largest absolute Gasteiger partial charge is 0.445 e. The highest BCUT2D eigenvalue weighted by molar-refractivity contribution is 5.73. The SMILES string of the molecule is CC.CC(C)=O.CCC(C)Cc1cc(C2=CCN(C(=O)OC(C)(C)C)CC2)ccc1C.NC(=O)OCc1ccccc1. The fourth-order valence-corrected chi connectivity index (χ4v) is 3.76. The third kappa shape index (κ3) is 17.3. The lowest BCUT2D eigenvalue weighted by molar-refractivity contribution is -0.115. The van der Waals surface area contributed by atoms with Crippen LogP contribution in [0.4, 0.5) is 9.59 Å². The molecule has 0 radical (unpaired) electrons. The summed E-state index contributed by atoms with van der Waals surface area (Å²) >= 11 is 0. The number of hydrogen-bond donors (Lipinski definition) is 1. The van der Waals surface area contributed by atoms with Crippen molar-refractivity contribution in [2.45, 2.75) is 101 Å². The number of hydrogen-bond acceptors (Lipinski definition) is 5. The van der Waals surface area contributed by atoms with E-state index in [1.807, 2.05) is 65.0 Å². The fraction of sp³-hybridized carbons (Fsp3) is 0.514. The van der Waals surface area contributed by atoms with Gasteiger partial charge in [-0.05, 0) is 88.1 Å². The van der Waals surface area contributed by atoms with Gasteiger partial charge in [0.15, 0.2) is 0 Å². The first kappa shape index (κ1) is 38.4. The van der Waals surface area contributed by atoms with Crippen LogP contribution in [0.5, 0.6) is 0 Å². The van der Waals surface area contributed by atoms with Crippen molar-refractivity contribution in [1.29, 1.82) is 0 Å². The first-order valence-electron chi connectivity index (χ1n) is 14.9. The number of carbonyl (C=O) groups excluding carboxylic acids is 3. The molecule has 0 saturated carbocycles. The number of Topliss-reactive ketones (excluding diaryl/α,β-unsaturated/α-hetero) is 1. The van der Waals surface area contributed by atoms with E-state index in [4.69, 9.17) is 10.5 Å². The van der Waals surface area contributed by atoms with Crippen LogP contribution < -0.4 is 5.73 Å². The third-order valence-corrected chi connectivity index (χ3v) is 6.07. The van der Waals surface area contributed by atoms with Gasteiger partial charge in [0.2, 0.25) is 0 Å². The van der Waals surface area contributed by atoms with Gasteiger partial charge in [-0.15, -0.1) is 0 Å². The Labute approximate surface area is 254 Å². The van der Waals surface area contributed by atoms with Crippen molar-refractivity contribution in [3.63, 3.8) is 0 Å². The number of rotatable bonds is 6. The van der Waals surface area contributed by atoms with E-state index in [9.17, 15) is 14.4 Å². The zero-order valence-electron chi connectivity index (χ0n) is 27.6. The molecule has 0 bridgehead atoms. The van der Waals surface area contributed by atoms with E-state index in [-0.39, 0.29) is 18.5 Å². The minimum absolute atomic E-state index is 0.167. The predicted octanol–water partition coefficient (Wildman–Crippen LogP) is 8.51. The molecule has 1 atom stereocenters. The van der Waals surface area contributed by atoms with Gasteiger partial charge in [0.25, 0.3) is 0 Å². The number of nitrogens with zero attached hydrogens (tertiary/aromatic N) is 1. The quantitative estimate of drug-likeness (QED) is 0.368. The zero-order valence-corrected chi connectivity index (χ0v) is 27.6. The van der Waals surface area contributed by atoms with Crippen LogP contribution in [0.25, 0.3) is 5.57 Å². The molecule has 1 aliphatic heterocycles. The first-order chi connectivity index (χ1) is 19.7. The molecule has 0 aromatic heterocycles. The van der Waals surface area contributed by atoms with E-state index < -0.39 is 11.7 Å². The summed E-state index contributed by atoms with van der Waals surface area (Å²) in [6, 6.07) is 16.2. The Hall–Kier alpha value is -3.61. The molecule has 7 nitrogen and oxygen atoms in total. The molecule has 234 valence electrons. The Balaban J connectivity index is 0.000000815. The molecular weight excluding hydrogens is 528 g/mol. The second-order valence-corrected chi connectivity index (χ2v) is 11.3. The number of primary amides is 1. The van der Waals surface area contributed by atoms with E-state index in [0.717, 1.165) is 24.9 Å². The van der Waals surface area contributed by atoms with Crippen molar-refractivity contribution in [2.75, 3.05) is 13.1 Å². The van der Waals surface area contributed by atoms with E-state index >= 15 is 0 Å². The van der Waals surface area contributed by atoms with Gasteiger partial charge in [-0.2, -0.15) is 0 Å². The molecule has 2 N–H and O–H groups in total. The summed E-state index contributed by atoms with van der Waals surface area (Å²) in [5.74, 6) is 0.872. The second kappa shape index (κ2) is 20.3. The molecule has 0 fully saturated rings. The Morgan fingerprint density at radius 1 is 1.02 bits per heavy atom. The number of ether oxygens (including phenoxy) is 2. The van der Waals surface area contributed by atoms with E-state index in [1.54, 1.807) is 4.90 Å². The normalized spacial score (nSPS) is 12.9. The van der Waals surface area contributed by atoms with Crippen LogP contribution in [0.3, 0.4) is 0 Å². The topological polar surface area (TPSA) is 98.9 Å². The van der Waals surface area contributed by atoms with Crippen molar-refractivity contribution in [1.82, 2.24) is 4.90 Å². The summed E-state index contributed by atoms with van der Waals surface area (Å²) in [4.78, 5) is 33.6. The second-order valence-electron chi connectivity index (χ2n) is 11.3. The molecule has 0 aliphatic carbocycles. The van der Waals surface area contributed by atoms with Gasteiger partial charge in [-0.25, -0.2) is 9.59 Å². The van der Waals surface area contributed by atoms with Gasteiger partial charge in [0.05, 0.1) is 0 Å². The zero-order chi connectivity index (χ0) is 32.3. The summed E-state index contributed by atoms with van der Waals surface area (Å²) < 4.78 is 10.0. The van der Waals surface area contributed by atoms with Crippen LogP contribution in [0, 0.1) is 12.8 Å². The number of benzene rings is 2. The van der Waals surface area contributed by atoms with Crippen LogP contribution in [-0.2, 0) is 27.3 Å². The number of carbonyl (C=O) groups is 3. The number of amides is 2. The summed E-state index contributed by atoms with van der Waals surface area (Å²) in [5, 5.41) is 0. The summed E-state index contributed by atoms with van der Waals surface area (Å²) in [6.45, 7) is 21.1. The predicted molar refractivity (Wildman–Crippen MR) is 173 cm³/mol. The molecule has 2 aromatic carbocycles. The minimum atomic E-state index is -0.742. The summed E-state index contributed by atoms with van der Waals surface area (Å²) in [6.07, 6.45) is 4.43. The highest BCUT2D eigenvalue weighted by atomic mass is 16.6. The van der Waals surface area contributed by atoms with Gasteiger partial charge < -0.3 is 24.9 Å². The van der Waals surface area contributed by atoms with E-state index in [0.29, 0.717) is 12.5 Å². The third-order valence-electron chi connectivity index (χ3n) is 6.07. The lowest BCUT2D eigenvalue weighted by Gasteiger charge is -2.29. The Kier molecular flexibility index (Phi) is 18.6. The molecule has 0 spiro atoms. The Morgan fingerprint density at radius 2 is 1.62 bits per heavy atom. The number of nitrogens with two attached hydrogens (primary N) is 1. The molecule has 1 unspecified atom stereocenters. The minimum Gasteiger partial charge on any atom is -0.445 e. The maximum absolute atomic E-state index is 12.2. The van der Waals surface area contributed by atoms with Crippen molar-refractivity contribution in [3.8, 4) is 0 Å².